The number of hydrogen-bond donors (Lipinski definition) is 1. The van der Waals surface area contributed by atoms with Crippen LogP contribution in [0.5, 0.6) is 5.75 Å². The molecule has 0 amide bonds. The summed E-state index contributed by atoms with van der Waals surface area (Å²) in [5.74, 6) is 0.462. The number of hydrogen-bond acceptors (Lipinski definition) is 3. The van der Waals surface area contributed by atoms with Crippen molar-refractivity contribution in [3.05, 3.63) is 53.3 Å². The third-order valence-electron chi connectivity index (χ3n) is 2.45. The van der Waals surface area contributed by atoms with E-state index in [0.717, 1.165) is 5.56 Å². The van der Waals surface area contributed by atoms with Gasteiger partial charge in [0.2, 0.25) is 0 Å². The molecule has 0 unspecified atom stereocenters. The van der Waals surface area contributed by atoms with Gasteiger partial charge in [-0.2, -0.15) is 0 Å². The van der Waals surface area contributed by atoms with Crippen LogP contribution in [-0.2, 0) is 6.54 Å². The lowest BCUT2D eigenvalue weighted by molar-refractivity contribution is 0.0838. The first kappa shape index (κ1) is 12.7. The predicted octanol–water partition coefficient (Wildman–Crippen LogP) is 2.32. The quantitative estimate of drug-likeness (QED) is 0.922. The maximum atomic E-state index is 11.8. The fraction of sp³-hybridized carbons (Fsp3) is 0.154. The van der Waals surface area contributed by atoms with Crippen LogP contribution in [0.15, 0.2) is 42.7 Å². The van der Waals surface area contributed by atoms with Crippen LogP contribution in [-0.4, -0.2) is 17.1 Å². The SMILES string of the molecule is NCc1ccn(C(=O)COc2ccc(Cl)cc2)c1. The lowest BCUT2D eigenvalue weighted by Gasteiger charge is -2.05. The molecule has 0 radical (unpaired) electrons. The van der Waals surface area contributed by atoms with Crippen molar-refractivity contribution in [2.75, 3.05) is 6.61 Å². The summed E-state index contributed by atoms with van der Waals surface area (Å²) in [5, 5.41) is 0.631. The summed E-state index contributed by atoms with van der Waals surface area (Å²) >= 11 is 5.75. The number of nitrogens with zero attached hydrogens (tertiary/aromatic N) is 1. The second-order valence-corrected chi connectivity index (χ2v) is 4.20. The lowest BCUT2D eigenvalue weighted by Crippen LogP contribution is -2.17. The zero-order valence-electron chi connectivity index (χ0n) is 9.67. The van der Waals surface area contributed by atoms with Crippen molar-refractivity contribution < 1.29 is 9.53 Å². The van der Waals surface area contributed by atoms with E-state index in [0.29, 0.717) is 17.3 Å². The second-order valence-electron chi connectivity index (χ2n) is 3.77. The van der Waals surface area contributed by atoms with E-state index in [1.165, 1.54) is 4.57 Å². The molecule has 18 heavy (non-hydrogen) atoms. The number of nitrogens with two attached hydrogens (primary N) is 1. The summed E-state index contributed by atoms with van der Waals surface area (Å²) < 4.78 is 6.83. The zero-order chi connectivity index (χ0) is 13.0. The number of ether oxygens (including phenoxy) is 1. The largest absolute Gasteiger partial charge is 0.484 e. The molecular formula is C13H13ClN2O2. The van der Waals surface area contributed by atoms with E-state index in [1.807, 2.05) is 0 Å². The molecular weight excluding hydrogens is 252 g/mol. The van der Waals surface area contributed by atoms with Gasteiger partial charge in [-0.1, -0.05) is 11.6 Å². The van der Waals surface area contributed by atoms with Gasteiger partial charge in [-0.15, -0.1) is 0 Å². The molecule has 0 saturated heterocycles. The average Bonchev–Trinajstić information content (AvgIpc) is 2.86. The molecule has 0 aliphatic rings. The maximum Gasteiger partial charge on any atom is 0.268 e. The summed E-state index contributed by atoms with van der Waals surface area (Å²) in [6.45, 7) is 0.388. The normalized spacial score (nSPS) is 10.3. The van der Waals surface area contributed by atoms with Crippen LogP contribution in [0, 0.1) is 0 Å². The highest BCUT2D eigenvalue weighted by atomic mass is 35.5. The molecule has 94 valence electrons. The van der Waals surface area contributed by atoms with Gasteiger partial charge in [-0.3, -0.25) is 9.36 Å². The molecule has 1 aromatic carbocycles. The lowest BCUT2D eigenvalue weighted by atomic mass is 10.3. The van der Waals surface area contributed by atoms with Gasteiger partial charge in [0.15, 0.2) is 6.61 Å². The first-order valence-electron chi connectivity index (χ1n) is 5.47. The van der Waals surface area contributed by atoms with Crippen molar-refractivity contribution in [2.24, 2.45) is 5.73 Å². The van der Waals surface area contributed by atoms with E-state index in [2.05, 4.69) is 0 Å². The Hall–Kier alpha value is -1.78. The minimum Gasteiger partial charge on any atom is -0.484 e. The molecule has 0 aliphatic heterocycles. The van der Waals surface area contributed by atoms with Gasteiger partial charge < -0.3 is 10.5 Å². The Labute approximate surface area is 110 Å². The van der Waals surface area contributed by atoms with Crippen LogP contribution in [0.1, 0.15) is 10.4 Å². The molecule has 2 aromatic rings. The topological polar surface area (TPSA) is 57.2 Å². The second kappa shape index (κ2) is 5.71. The fourth-order valence-corrected chi connectivity index (χ4v) is 1.59. The Bertz CT molecular complexity index is 534. The van der Waals surface area contributed by atoms with Gasteiger partial charge in [0.25, 0.3) is 5.91 Å². The summed E-state index contributed by atoms with van der Waals surface area (Å²) in [5.41, 5.74) is 6.39. The number of carbonyl (C=O) groups excluding carboxylic acids is 1. The molecule has 2 N–H and O–H groups in total. The maximum absolute atomic E-state index is 11.8. The van der Waals surface area contributed by atoms with Gasteiger partial charge >= 0.3 is 0 Å². The van der Waals surface area contributed by atoms with E-state index in [4.69, 9.17) is 22.1 Å². The van der Waals surface area contributed by atoms with Gasteiger partial charge in [-0.05, 0) is 35.9 Å². The van der Waals surface area contributed by atoms with Gasteiger partial charge in [0.05, 0.1) is 0 Å². The van der Waals surface area contributed by atoms with Crippen LogP contribution in [0.4, 0.5) is 0 Å². The van der Waals surface area contributed by atoms with Crippen molar-refractivity contribution in [1.29, 1.82) is 0 Å². The van der Waals surface area contributed by atoms with Crippen molar-refractivity contribution >= 4 is 17.5 Å². The monoisotopic (exact) mass is 264 g/mol. The molecule has 0 fully saturated rings. The number of halogens is 1. The average molecular weight is 265 g/mol. The fourth-order valence-electron chi connectivity index (χ4n) is 1.47. The van der Waals surface area contributed by atoms with Gasteiger partial charge in [-0.25, -0.2) is 0 Å². The third kappa shape index (κ3) is 3.12. The van der Waals surface area contributed by atoms with Crippen LogP contribution in [0.3, 0.4) is 0 Å². The highest BCUT2D eigenvalue weighted by Crippen LogP contribution is 2.15. The van der Waals surface area contributed by atoms with Crippen LogP contribution in [0.25, 0.3) is 0 Å². The Kier molecular flexibility index (Phi) is 4.02. The van der Waals surface area contributed by atoms with E-state index < -0.39 is 0 Å². The van der Waals surface area contributed by atoms with Crippen molar-refractivity contribution in [1.82, 2.24) is 4.57 Å². The summed E-state index contributed by atoms with van der Waals surface area (Å²) in [7, 11) is 0. The summed E-state index contributed by atoms with van der Waals surface area (Å²) in [6.07, 6.45) is 3.38. The Morgan fingerprint density at radius 1 is 1.28 bits per heavy atom. The first-order chi connectivity index (χ1) is 8.69. The highest BCUT2D eigenvalue weighted by molar-refractivity contribution is 6.30. The zero-order valence-corrected chi connectivity index (χ0v) is 10.4. The van der Waals surface area contributed by atoms with Crippen molar-refractivity contribution in [3.63, 3.8) is 0 Å². The van der Waals surface area contributed by atoms with Crippen molar-refractivity contribution in [2.45, 2.75) is 6.54 Å². The smallest absolute Gasteiger partial charge is 0.268 e. The molecule has 0 saturated carbocycles. The highest BCUT2D eigenvalue weighted by Gasteiger charge is 2.06. The van der Waals surface area contributed by atoms with Crippen LogP contribution >= 0.6 is 11.6 Å². The Morgan fingerprint density at radius 3 is 2.61 bits per heavy atom. The molecule has 0 spiro atoms. The van der Waals surface area contributed by atoms with E-state index in [-0.39, 0.29) is 12.5 Å². The van der Waals surface area contributed by atoms with E-state index >= 15 is 0 Å². The summed E-state index contributed by atoms with van der Waals surface area (Å²) in [6, 6.07) is 8.67. The van der Waals surface area contributed by atoms with Crippen LogP contribution < -0.4 is 10.5 Å². The molecule has 1 heterocycles. The van der Waals surface area contributed by atoms with Crippen LogP contribution in [0.2, 0.25) is 5.02 Å². The minimum atomic E-state index is -0.148. The molecule has 2 rings (SSSR count). The number of aromatic nitrogens is 1. The van der Waals surface area contributed by atoms with E-state index in [9.17, 15) is 4.79 Å². The predicted molar refractivity (Wildman–Crippen MR) is 69.9 cm³/mol. The molecule has 0 atom stereocenters. The Morgan fingerprint density at radius 2 is 2.00 bits per heavy atom. The standard InChI is InChI=1S/C13H13ClN2O2/c14-11-1-3-12(4-2-11)18-9-13(17)16-6-5-10(7-15)8-16/h1-6,8H,7,9,15H2. The molecule has 5 heteroatoms. The van der Waals surface area contributed by atoms with Gasteiger partial charge in [0, 0.05) is 24.0 Å². The first-order valence-corrected chi connectivity index (χ1v) is 5.85. The molecule has 4 nitrogen and oxygen atoms in total. The molecule has 0 aliphatic carbocycles. The number of carbonyl (C=O) groups is 1. The number of rotatable bonds is 4. The third-order valence-corrected chi connectivity index (χ3v) is 2.71. The Balaban J connectivity index is 1.93. The summed E-state index contributed by atoms with van der Waals surface area (Å²) in [4.78, 5) is 11.8. The number of benzene rings is 1. The van der Waals surface area contributed by atoms with Crippen molar-refractivity contribution in [3.8, 4) is 5.75 Å². The minimum absolute atomic E-state index is 0.0275. The molecule has 1 aromatic heterocycles. The van der Waals surface area contributed by atoms with Gasteiger partial charge in [0.1, 0.15) is 5.75 Å². The molecule has 0 bridgehead atoms. The van der Waals surface area contributed by atoms with E-state index in [1.54, 1.807) is 42.7 Å².